The molecule has 1 saturated carbocycles. The van der Waals surface area contributed by atoms with Crippen molar-refractivity contribution >= 4 is 38.8 Å². The summed E-state index contributed by atoms with van der Waals surface area (Å²) < 4.78 is 45.3. The lowest BCUT2D eigenvalue weighted by Gasteiger charge is -2.30. The van der Waals surface area contributed by atoms with Gasteiger partial charge in [-0.2, -0.15) is 8.42 Å². The molecule has 0 spiro atoms. The van der Waals surface area contributed by atoms with E-state index < -0.39 is 27.3 Å². The van der Waals surface area contributed by atoms with E-state index >= 15 is 0 Å². The number of pyridine rings is 1. The third kappa shape index (κ3) is 6.17. The Morgan fingerprint density at radius 2 is 1.78 bits per heavy atom. The van der Waals surface area contributed by atoms with Gasteiger partial charge in [0.15, 0.2) is 0 Å². The van der Waals surface area contributed by atoms with Crippen molar-refractivity contribution in [1.29, 1.82) is 0 Å². The van der Waals surface area contributed by atoms with Crippen LogP contribution in [-0.4, -0.2) is 54.8 Å². The monoisotopic (exact) mass is 515 g/mol. The van der Waals surface area contributed by atoms with Crippen molar-refractivity contribution in [1.82, 2.24) is 9.88 Å². The van der Waals surface area contributed by atoms with E-state index in [2.05, 4.69) is 5.32 Å². The van der Waals surface area contributed by atoms with Crippen molar-refractivity contribution < 1.29 is 27.3 Å². The highest BCUT2D eigenvalue weighted by Gasteiger charge is 2.28. The smallest absolute Gasteiger partial charge is 0.341 e. The number of rotatable bonds is 5. The predicted octanol–water partition coefficient (Wildman–Crippen LogP) is 3.13. The summed E-state index contributed by atoms with van der Waals surface area (Å²) in [6.07, 6.45) is 4.62. The van der Waals surface area contributed by atoms with Gasteiger partial charge in [0.2, 0.25) is 5.43 Å². The molecule has 1 aromatic heterocycles. The maximum absolute atomic E-state index is 14.6. The molecule has 1 saturated heterocycles. The summed E-state index contributed by atoms with van der Waals surface area (Å²) in [5, 5.41) is 13.4. The number of aromatic nitrogens is 1. The number of carbonyl (C=O) groups is 1. The molecular formula is C25H26FN3O6S. The van der Waals surface area contributed by atoms with Gasteiger partial charge in [0.1, 0.15) is 11.4 Å². The molecular weight excluding hydrogens is 489 g/mol. The maximum atomic E-state index is 14.6. The van der Waals surface area contributed by atoms with Crippen LogP contribution in [0.2, 0.25) is 0 Å². The zero-order valence-corrected chi connectivity index (χ0v) is 20.1. The topological polar surface area (TPSA) is 129 Å². The molecule has 5 rings (SSSR count). The first-order valence-electron chi connectivity index (χ1n) is 11.4. The maximum Gasteiger partial charge on any atom is 0.341 e. The van der Waals surface area contributed by atoms with Crippen LogP contribution < -0.4 is 15.6 Å². The number of aromatic carboxylic acids is 1. The second-order valence-corrected chi connectivity index (χ2v) is 9.90. The summed E-state index contributed by atoms with van der Waals surface area (Å²) in [6, 6.07) is 11.9. The second kappa shape index (κ2) is 10.6. The zero-order valence-electron chi connectivity index (χ0n) is 19.3. The molecule has 1 aliphatic carbocycles. The Kier molecular flexibility index (Phi) is 7.53. The van der Waals surface area contributed by atoms with Crippen molar-refractivity contribution in [2.75, 3.05) is 31.1 Å². The number of benzene rings is 2. The van der Waals surface area contributed by atoms with Gasteiger partial charge in [0.25, 0.3) is 10.1 Å². The predicted molar refractivity (Wildman–Crippen MR) is 136 cm³/mol. The van der Waals surface area contributed by atoms with E-state index in [-0.39, 0.29) is 17.0 Å². The van der Waals surface area contributed by atoms with Gasteiger partial charge in [-0.1, -0.05) is 30.3 Å². The normalized spacial score (nSPS) is 16.1. The van der Waals surface area contributed by atoms with Gasteiger partial charge in [-0.05, 0) is 36.6 Å². The number of nitrogens with zero attached hydrogens (tertiary/aromatic N) is 2. The van der Waals surface area contributed by atoms with E-state index in [1.54, 1.807) is 30.3 Å². The van der Waals surface area contributed by atoms with E-state index in [1.165, 1.54) is 18.3 Å². The summed E-state index contributed by atoms with van der Waals surface area (Å²) in [6.45, 7) is 2.96. The van der Waals surface area contributed by atoms with Crippen LogP contribution in [0.4, 0.5) is 10.1 Å². The van der Waals surface area contributed by atoms with E-state index in [9.17, 15) is 27.5 Å². The van der Waals surface area contributed by atoms with Gasteiger partial charge in [0.05, 0.1) is 16.6 Å². The molecule has 0 unspecified atom stereocenters. The minimum Gasteiger partial charge on any atom is -0.477 e. The second-order valence-electron chi connectivity index (χ2n) is 8.60. The zero-order chi connectivity index (χ0) is 25.9. The molecule has 2 aliphatic rings. The number of halogens is 1. The Morgan fingerprint density at radius 3 is 2.36 bits per heavy atom. The van der Waals surface area contributed by atoms with Crippen molar-refractivity contribution in [3.8, 4) is 0 Å². The number of hydrogen-bond donors (Lipinski definition) is 3. The highest BCUT2D eigenvalue weighted by molar-refractivity contribution is 7.88. The minimum atomic E-state index is -4.00. The molecule has 9 nitrogen and oxygen atoms in total. The quantitative estimate of drug-likeness (QED) is 0.442. The third-order valence-electron chi connectivity index (χ3n) is 5.96. The molecule has 0 radical (unpaired) electrons. The van der Waals surface area contributed by atoms with Gasteiger partial charge in [-0.15, -0.1) is 0 Å². The Morgan fingerprint density at radius 1 is 1.11 bits per heavy atom. The van der Waals surface area contributed by atoms with Crippen molar-refractivity contribution in [2.45, 2.75) is 18.9 Å². The minimum absolute atomic E-state index is 0.137. The molecule has 3 N–H and O–H groups in total. The first-order chi connectivity index (χ1) is 17.1. The van der Waals surface area contributed by atoms with Crippen LogP contribution in [0.15, 0.2) is 58.9 Å². The van der Waals surface area contributed by atoms with Crippen LogP contribution in [-0.2, 0) is 10.1 Å². The summed E-state index contributed by atoms with van der Waals surface area (Å²) in [7, 11) is -4.00. The lowest BCUT2D eigenvalue weighted by molar-refractivity contribution is 0.0694. The standard InChI is InChI=1S/C17H18FN3O3.C8H8O3S/c18-13-7-11-14(8-15(13)20-5-3-19-4-6-20)21(10-1-2-10)9-12(16(11)22)17(23)24;9-12(10,11)7-6-8-4-2-1-3-5-8/h7-10,19H,1-6H2,(H,23,24);1-7H,(H,9,10,11). The van der Waals surface area contributed by atoms with E-state index in [0.29, 0.717) is 24.3 Å². The molecule has 11 heteroatoms. The number of hydrogen-bond acceptors (Lipinski definition) is 6. The van der Waals surface area contributed by atoms with Gasteiger partial charge in [-0.3, -0.25) is 9.35 Å². The molecule has 1 aliphatic heterocycles. The van der Waals surface area contributed by atoms with Crippen LogP contribution in [0, 0.1) is 5.82 Å². The molecule has 0 amide bonds. The highest BCUT2D eigenvalue weighted by Crippen LogP contribution is 2.38. The largest absolute Gasteiger partial charge is 0.477 e. The van der Waals surface area contributed by atoms with E-state index in [0.717, 1.165) is 36.9 Å². The molecule has 2 aromatic carbocycles. The number of carboxylic acid groups (broad SMARTS) is 1. The summed E-state index contributed by atoms with van der Waals surface area (Å²) in [4.78, 5) is 25.7. The molecule has 2 heterocycles. The Bertz CT molecular complexity index is 1460. The van der Waals surface area contributed by atoms with E-state index in [4.69, 9.17) is 4.55 Å². The number of piperazine rings is 1. The SMILES string of the molecule is O=C(O)c1cn(C2CC2)c2cc(N3CCNCC3)c(F)cc2c1=O.O=S(=O)(O)C=Cc1ccccc1. The average molecular weight is 516 g/mol. The fraction of sp³-hybridized carbons (Fsp3) is 0.280. The van der Waals surface area contributed by atoms with Crippen LogP contribution in [0.5, 0.6) is 0 Å². The highest BCUT2D eigenvalue weighted by atomic mass is 32.2. The lowest BCUT2D eigenvalue weighted by atomic mass is 10.1. The molecule has 2 fully saturated rings. The van der Waals surface area contributed by atoms with Gasteiger partial charge in [-0.25, -0.2) is 9.18 Å². The number of fused-ring (bicyclic) bond motifs is 1. The molecule has 3 aromatic rings. The summed E-state index contributed by atoms with van der Waals surface area (Å²) in [5.41, 5.74) is 0.891. The number of nitrogens with one attached hydrogen (secondary N) is 1. The molecule has 36 heavy (non-hydrogen) atoms. The van der Waals surface area contributed by atoms with Crippen molar-refractivity contribution in [2.24, 2.45) is 0 Å². The van der Waals surface area contributed by atoms with E-state index in [1.807, 2.05) is 15.5 Å². The van der Waals surface area contributed by atoms with Crippen LogP contribution >= 0.6 is 0 Å². The number of anilines is 1. The average Bonchev–Trinajstić information content (AvgIpc) is 3.69. The number of carboxylic acids is 1. The van der Waals surface area contributed by atoms with Crippen LogP contribution in [0.1, 0.15) is 34.8 Å². The van der Waals surface area contributed by atoms with Gasteiger partial charge in [0, 0.05) is 43.8 Å². The Labute approximate surface area is 207 Å². The molecule has 0 bridgehead atoms. The van der Waals surface area contributed by atoms with Crippen molar-refractivity contribution in [3.63, 3.8) is 0 Å². The van der Waals surface area contributed by atoms with Crippen LogP contribution in [0.3, 0.4) is 0 Å². The summed E-state index contributed by atoms with van der Waals surface area (Å²) >= 11 is 0. The third-order valence-corrected chi connectivity index (χ3v) is 6.44. The molecule has 190 valence electrons. The lowest BCUT2D eigenvalue weighted by Crippen LogP contribution is -2.43. The Hall–Kier alpha value is -3.54. The van der Waals surface area contributed by atoms with Crippen LogP contribution in [0.25, 0.3) is 17.0 Å². The fourth-order valence-electron chi connectivity index (χ4n) is 4.04. The molecule has 0 atom stereocenters. The van der Waals surface area contributed by atoms with Gasteiger partial charge >= 0.3 is 5.97 Å². The van der Waals surface area contributed by atoms with Crippen molar-refractivity contribution in [3.05, 3.63) is 81.2 Å². The first kappa shape index (κ1) is 25.5. The Balaban J connectivity index is 0.000000214. The summed E-state index contributed by atoms with van der Waals surface area (Å²) in [5.74, 6) is -1.76. The fourth-order valence-corrected chi connectivity index (χ4v) is 4.37. The van der Waals surface area contributed by atoms with Gasteiger partial charge < -0.3 is 19.9 Å². The first-order valence-corrected chi connectivity index (χ1v) is 12.9.